The van der Waals surface area contributed by atoms with Crippen LogP contribution in [-0.4, -0.2) is 25.0 Å². The number of nitrogens with two attached hydrogens (primary N) is 1. The fraction of sp³-hybridized carbons (Fsp3) is 0.192. The molecule has 1 atom stereocenters. The second-order valence-electron chi connectivity index (χ2n) is 9.05. The maximum absolute atomic E-state index is 13.8. The van der Waals surface area contributed by atoms with Crippen molar-refractivity contribution in [3.8, 4) is 0 Å². The highest BCUT2D eigenvalue weighted by Gasteiger charge is 2.31. The molecule has 0 radical (unpaired) electrons. The van der Waals surface area contributed by atoms with Crippen molar-refractivity contribution in [2.24, 2.45) is 5.73 Å². The van der Waals surface area contributed by atoms with Crippen LogP contribution in [0.4, 0.5) is 23.2 Å². The van der Waals surface area contributed by atoms with Gasteiger partial charge in [-0.3, -0.25) is 4.79 Å². The number of halogens is 4. The van der Waals surface area contributed by atoms with E-state index in [1.807, 2.05) is 4.57 Å². The zero-order valence-electron chi connectivity index (χ0n) is 19.3. The zero-order valence-corrected chi connectivity index (χ0v) is 19.3. The lowest BCUT2D eigenvalue weighted by molar-refractivity contribution is -0.137. The maximum Gasteiger partial charge on any atom is 0.416 e. The number of fused-ring (bicyclic) bond motifs is 4. The van der Waals surface area contributed by atoms with Crippen LogP contribution in [0.2, 0.25) is 0 Å². The molecule has 7 nitrogen and oxygen atoms in total. The van der Waals surface area contributed by atoms with Crippen LogP contribution in [0.15, 0.2) is 60.8 Å². The predicted molar refractivity (Wildman–Crippen MR) is 129 cm³/mol. The number of carbonyl (C=O) groups excluding carboxylic acids is 1. The zero-order chi connectivity index (χ0) is 25.9. The molecule has 0 aliphatic carbocycles. The van der Waals surface area contributed by atoms with Gasteiger partial charge in [0.05, 0.1) is 23.5 Å². The first kappa shape index (κ1) is 23.2. The van der Waals surface area contributed by atoms with Crippen LogP contribution in [0.1, 0.15) is 39.9 Å². The second-order valence-corrected chi connectivity index (χ2v) is 9.05. The minimum absolute atomic E-state index is 0.0817. The SMILES string of the molecule is NC1CCn2c1nc1cc(NC(=O)c3cc4cc(C(F)(F)F)ccc4n3Cc3cccc(F)c3)cnc12. The largest absolute Gasteiger partial charge is 0.416 e. The minimum atomic E-state index is -4.53. The van der Waals surface area contributed by atoms with Crippen molar-refractivity contribution in [3.05, 3.63) is 89.3 Å². The normalized spacial score (nSPS) is 15.4. The number of hydrogen-bond acceptors (Lipinski definition) is 4. The molecule has 188 valence electrons. The minimum Gasteiger partial charge on any atom is -0.332 e. The number of aromatic nitrogens is 4. The molecular formula is C26H20F4N6O. The number of nitrogens with one attached hydrogen (secondary N) is 1. The molecule has 11 heteroatoms. The molecule has 6 rings (SSSR count). The Bertz CT molecular complexity index is 1690. The lowest BCUT2D eigenvalue weighted by Gasteiger charge is -2.12. The molecule has 5 aromatic rings. The Morgan fingerprint density at radius 2 is 1.97 bits per heavy atom. The average molecular weight is 508 g/mol. The first-order valence-electron chi connectivity index (χ1n) is 11.6. The number of pyridine rings is 1. The molecule has 3 N–H and O–H groups in total. The Morgan fingerprint density at radius 1 is 1.14 bits per heavy atom. The smallest absolute Gasteiger partial charge is 0.332 e. The molecule has 0 spiro atoms. The Morgan fingerprint density at radius 3 is 2.76 bits per heavy atom. The van der Waals surface area contributed by atoms with Crippen LogP contribution < -0.4 is 11.1 Å². The number of nitrogens with zero attached hydrogens (tertiary/aromatic N) is 4. The molecule has 0 bridgehead atoms. The third kappa shape index (κ3) is 4.10. The summed E-state index contributed by atoms with van der Waals surface area (Å²) in [5.74, 6) is -0.266. The molecule has 1 unspecified atom stereocenters. The summed E-state index contributed by atoms with van der Waals surface area (Å²) in [6.45, 7) is 0.796. The van der Waals surface area contributed by atoms with E-state index in [1.54, 1.807) is 16.7 Å². The van der Waals surface area contributed by atoms with Crippen molar-refractivity contribution < 1.29 is 22.4 Å². The number of imidazole rings is 1. The number of aryl methyl sites for hydroxylation is 1. The van der Waals surface area contributed by atoms with Crippen LogP contribution in [0.3, 0.4) is 0 Å². The highest BCUT2D eigenvalue weighted by molar-refractivity contribution is 6.07. The topological polar surface area (TPSA) is 90.8 Å². The summed E-state index contributed by atoms with van der Waals surface area (Å²) >= 11 is 0. The molecule has 2 aromatic carbocycles. The van der Waals surface area contributed by atoms with Gasteiger partial charge in [0, 0.05) is 24.0 Å². The molecule has 0 saturated heterocycles. The van der Waals surface area contributed by atoms with Crippen LogP contribution in [0.5, 0.6) is 0 Å². The van der Waals surface area contributed by atoms with Crippen LogP contribution in [0, 0.1) is 5.82 Å². The highest BCUT2D eigenvalue weighted by atomic mass is 19.4. The van der Waals surface area contributed by atoms with Crippen molar-refractivity contribution in [1.29, 1.82) is 0 Å². The summed E-state index contributed by atoms with van der Waals surface area (Å²) < 4.78 is 57.3. The van der Waals surface area contributed by atoms with E-state index in [1.165, 1.54) is 36.5 Å². The monoisotopic (exact) mass is 508 g/mol. The van der Waals surface area contributed by atoms with Crippen LogP contribution in [0.25, 0.3) is 22.1 Å². The Hall–Kier alpha value is -4.25. The van der Waals surface area contributed by atoms with Gasteiger partial charge in [-0.1, -0.05) is 12.1 Å². The maximum atomic E-state index is 13.8. The molecule has 1 aliphatic rings. The summed E-state index contributed by atoms with van der Waals surface area (Å²) in [7, 11) is 0. The Balaban J connectivity index is 1.39. The van der Waals surface area contributed by atoms with Crippen molar-refractivity contribution in [2.45, 2.75) is 31.7 Å². The highest BCUT2D eigenvalue weighted by Crippen LogP contribution is 2.33. The van der Waals surface area contributed by atoms with Crippen molar-refractivity contribution in [1.82, 2.24) is 19.1 Å². The first-order chi connectivity index (χ1) is 17.7. The quantitative estimate of drug-likeness (QED) is 0.325. The third-order valence-electron chi connectivity index (χ3n) is 6.56. The molecule has 0 saturated carbocycles. The van der Waals surface area contributed by atoms with E-state index < -0.39 is 23.5 Å². The fourth-order valence-electron chi connectivity index (χ4n) is 4.82. The molecule has 1 aliphatic heterocycles. The van der Waals surface area contributed by atoms with Gasteiger partial charge < -0.3 is 20.2 Å². The molecule has 1 amide bonds. The number of anilines is 1. The summed E-state index contributed by atoms with van der Waals surface area (Å²) in [5.41, 5.74) is 7.98. The molecular weight excluding hydrogens is 488 g/mol. The Labute approximate surface area is 207 Å². The van der Waals surface area contributed by atoms with Crippen LogP contribution in [-0.2, 0) is 19.3 Å². The number of alkyl halides is 3. The van der Waals surface area contributed by atoms with Crippen molar-refractivity contribution >= 4 is 33.7 Å². The lowest BCUT2D eigenvalue weighted by Crippen LogP contribution is -2.17. The van der Waals surface area contributed by atoms with Gasteiger partial charge in [-0.2, -0.15) is 13.2 Å². The molecule has 0 fully saturated rings. The van der Waals surface area contributed by atoms with Gasteiger partial charge in [-0.25, -0.2) is 14.4 Å². The molecule has 3 aromatic heterocycles. The van der Waals surface area contributed by atoms with Gasteiger partial charge in [0.25, 0.3) is 5.91 Å². The fourth-order valence-corrected chi connectivity index (χ4v) is 4.82. The second kappa shape index (κ2) is 8.41. The van der Waals surface area contributed by atoms with E-state index in [2.05, 4.69) is 15.3 Å². The van der Waals surface area contributed by atoms with Gasteiger partial charge in [-0.15, -0.1) is 0 Å². The summed E-state index contributed by atoms with van der Waals surface area (Å²) in [4.78, 5) is 22.3. The van der Waals surface area contributed by atoms with E-state index in [0.29, 0.717) is 34.5 Å². The van der Waals surface area contributed by atoms with E-state index in [9.17, 15) is 22.4 Å². The Kier molecular flexibility index (Phi) is 5.27. The standard InChI is InChI=1S/C26H20F4N6O/c27-17-3-1-2-14(8-17)13-36-21-5-4-16(26(28,29)30)9-15(21)10-22(36)25(37)33-18-11-20-24(32-12-18)35-7-6-19(31)23(35)34-20/h1-5,8-12,19H,6-7,13,31H2,(H,33,37). The number of hydrogen-bond donors (Lipinski definition) is 2. The van der Waals surface area contributed by atoms with E-state index in [0.717, 1.165) is 24.4 Å². The number of carbonyl (C=O) groups is 1. The van der Waals surface area contributed by atoms with Gasteiger partial charge in [-0.05, 0) is 54.4 Å². The number of rotatable bonds is 4. The van der Waals surface area contributed by atoms with E-state index >= 15 is 0 Å². The van der Waals surface area contributed by atoms with E-state index in [4.69, 9.17) is 5.73 Å². The summed E-state index contributed by atoms with van der Waals surface area (Å²) in [5, 5.41) is 3.01. The van der Waals surface area contributed by atoms with Gasteiger partial charge in [0.2, 0.25) is 0 Å². The molecule has 37 heavy (non-hydrogen) atoms. The van der Waals surface area contributed by atoms with Gasteiger partial charge >= 0.3 is 6.18 Å². The number of amides is 1. The third-order valence-corrected chi connectivity index (χ3v) is 6.56. The summed E-state index contributed by atoms with van der Waals surface area (Å²) in [6.07, 6.45) is -2.25. The summed E-state index contributed by atoms with van der Waals surface area (Å²) in [6, 6.07) is 12.0. The number of benzene rings is 2. The molecule has 4 heterocycles. The van der Waals surface area contributed by atoms with Crippen LogP contribution >= 0.6 is 0 Å². The van der Waals surface area contributed by atoms with Gasteiger partial charge in [0.15, 0.2) is 5.65 Å². The average Bonchev–Trinajstić information content (AvgIpc) is 3.51. The predicted octanol–water partition coefficient (Wildman–Crippen LogP) is 5.25. The first-order valence-corrected chi connectivity index (χ1v) is 11.6. The van der Waals surface area contributed by atoms with E-state index in [-0.39, 0.29) is 23.7 Å². The lowest BCUT2D eigenvalue weighted by atomic mass is 10.1. The van der Waals surface area contributed by atoms with Crippen molar-refractivity contribution in [2.75, 3.05) is 5.32 Å². The van der Waals surface area contributed by atoms with Crippen molar-refractivity contribution in [3.63, 3.8) is 0 Å². The van der Waals surface area contributed by atoms with Gasteiger partial charge in [0.1, 0.15) is 22.9 Å².